The van der Waals surface area contributed by atoms with Crippen LogP contribution >= 0.6 is 12.2 Å². The highest BCUT2D eigenvalue weighted by Gasteiger charge is 2.35. The van der Waals surface area contributed by atoms with Crippen molar-refractivity contribution in [3.63, 3.8) is 0 Å². The summed E-state index contributed by atoms with van der Waals surface area (Å²) in [7, 11) is -3.51. The molecule has 0 aromatic heterocycles. The van der Waals surface area contributed by atoms with Gasteiger partial charge in [0.2, 0.25) is 10.0 Å². The van der Waals surface area contributed by atoms with Crippen LogP contribution in [0, 0.1) is 5.92 Å². The van der Waals surface area contributed by atoms with Crippen molar-refractivity contribution in [3.05, 3.63) is 0 Å². The zero-order chi connectivity index (χ0) is 12.5. The van der Waals surface area contributed by atoms with Gasteiger partial charge in [0.15, 0.2) is 0 Å². The van der Waals surface area contributed by atoms with E-state index in [1.807, 2.05) is 6.92 Å². The molecule has 3 unspecified atom stereocenters. The van der Waals surface area contributed by atoms with Crippen LogP contribution in [0.2, 0.25) is 0 Å². The average molecular weight is 266 g/mol. The van der Waals surface area contributed by atoms with Crippen LogP contribution in [0.3, 0.4) is 0 Å². The van der Waals surface area contributed by atoms with Gasteiger partial charge in [0, 0.05) is 13.1 Å². The second-order valence-electron chi connectivity index (χ2n) is 4.28. The van der Waals surface area contributed by atoms with Crippen LogP contribution in [0.15, 0.2) is 0 Å². The summed E-state index contributed by atoms with van der Waals surface area (Å²) < 4.78 is 25.3. The maximum atomic E-state index is 12.0. The molecule has 1 aliphatic rings. The van der Waals surface area contributed by atoms with E-state index in [2.05, 4.69) is 0 Å². The van der Waals surface area contributed by atoms with Crippen molar-refractivity contribution in [1.82, 2.24) is 4.31 Å². The molecule has 0 bridgehead atoms. The van der Waals surface area contributed by atoms with Crippen LogP contribution in [0.5, 0.6) is 0 Å². The highest BCUT2D eigenvalue weighted by molar-refractivity contribution is 7.92. The topological polar surface area (TPSA) is 83.6 Å². The number of piperidine rings is 1. The van der Waals surface area contributed by atoms with Gasteiger partial charge in [-0.3, -0.25) is 0 Å². The Kier molecular flexibility index (Phi) is 4.28. The SMILES string of the molecule is CC1CCN(S(=O)(=O)C(C)C(N)=S)CC1O. The molecule has 1 rings (SSSR count). The van der Waals surface area contributed by atoms with Crippen molar-refractivity contribution >= 4 is 27.2 Å². The Balaban J connectivity index is 2.82. The van der Waals surface area contributed by atoms with Crippen LogP contribution in [0.1, 0.15) is 20.3 Å². The fourth-order valence-corrected chi connectivity index (χ4v) is 3.45. The molecule has 0 amide bonds. The molecule has 1 fully saturated rings. The van der Waals surface area contributed by atoms with Crippen molar-refractivity contribution in [2.45, 2.75) is 31.6 Å². The lowest BCUT2D eigenvalue weighted by atomic mass is 9.98. The number of nitrogens with zero attached hydrogens (tertiary/aromatic N) is 1. The summed E-state index contributed by atoms with van der Waals surface area (Å²) in [6, 6.07) is 0. The molecular weight excluding hydrogens is 248 g/mol. The fraction of sp³-hybridized carbons (Fsp3) is 0.889. The van der Waals surface area contributed by atoms with Gasteiger partial charge >= 0.3 is 0 Å². The molecule has 7 heteroatoms. The molecule has 0 saturated carbocycles. The third kappa shape index (κ3) is 2.71. The van der Waals surface area contributed by atoms with E-state index in [1.165, 1.54) is 11.2 Å². The van der Waals surface area contributed by atoms with Gasteiger partial charge in [-0.25, -0.2) is 8.42 Å². The molecule has 1 saturated heterocycles. The summed E-state index contributed by atoms with van der Waals surface area (Å²) in [6.45, 7) is 3.94. The van der Waals surface area contributed by atoms with Gasteiger partial charge in [0.05, 0.1) is 11.1 Å². The minimum atomic E-state index is -3.51. The van der Waals surface area contributed by atoms with Crippen LogP contribution in [-0.4, -0.2) is 47.3 Å². The molecule has 5 nitrogen and oxygen atoms in total. The Hall–Kier alpha value is -0.240. The van der Waals surface area contributed by atoms with E-state index in [0.717, 1.165) is 0 Å². The molecule has 0 aromatic carbocycles. The summed E-state index contributed by atoms with van der Waals surface area (Å²) in [4.78, 5) is -0.0342. The minimum Gasteiger partial charge on any atom is -0.392 e. The van der Waals surface area contributed by atoms with E-state index in [-0.39, 0.29) is 17.5 Å². The average Bonchev–Trinajstić information content (AvgIpc) is 2.20. The van der Waals surface area contributed by atoms with Crippen LogP contribution in [-0.2, 0) is 10.0 Å². The van der Waals surface area contributed by atoms with Crippen molar-refractivity contribution in [1.29, 1.82) is 0 Å². The summed E-state index contributed by atoms with van der Waals surface area (Å²) in [5, 5.41) is 8.79. The number of β-amino-alcohol motifs (C(OH)–C–C–N with tert-alkyl or cyclic N) is 1. The van der Waals surface area contributed by atoms with E-state index in [4.69, 9.17) is 18.0 Å². The number of sulfonamides is 1. The Morgan fingerprint density at radius 2 is 2.19 bits per heavy atom. The smallest absolute Gasteiger partial charge is 0.223 e. The lowest BCUT2D eigenvalue weighted by Crippen LogP contribution is -2.50. The molecule has 1 aliphatic heterocycles. The summed E-state index contributed by atoms with van der Waals surface area (Å²) in [6.07, 6.45) is 0.0480. The first-order valence-electron chi connectivity index (χ1n) is 5.23. The predicted molar refractivity (Wildman–Crippen MR) is 66.5 cm³/mol. The Labute approximate surface area is 102 Å². The monoisotopic (exact) mass is 266 g/mol. The first kappa shape index (κ1) is 13.8. The van der Waals surface area contributed by atoms with E-state index < -0.39 is 21.4 Å². The summed E-state index contributed by atoms with van der Waals surface area (Å²) in [5.41, 5.74) is 5.35. The zero-order valence-corrected chi connectivity index (χ0v) is 11.1. The van der Waals surface area contributed by atoms with Crippen molar-refractivity contribution < 1.29 is 13.5 Å². The molecule has 0 radical (unpaired) electrons. The molecular formula is C9H18N2O3S2. The third-order valence-electron chi connectivity index (χ3n) is 3.09. The van der Waals surface area contributed by atoms with Gasteiger partial charge in [0.1, 0.15) is 5.25 Å². The van der Waals surface area contributed by atoms with Crippen LogP contribution < -0.4 is 5.73 Å². The Morgan fingerprint density at radius 1 is 1.62 bits per heavy atom. The lowest BCUT2D eigenvalue weighted by molar-refractivity contribution is 0.0604. The highest BCUT2D eigenvalue weighted by atomic mass is 32.2. The van der Waals surface area contributed by atoms with Crippen LogP contribution in [0.25, 0.3) is 0 Å². The van der Waals surface area contributed by atoms with E-state index in [0.29, 0.717) is 13.0 Å². The molecule has 0 spiro atoms. The predicted octanol–water partition coefficient (Wildman–Crippen LogP) is -0.306. The third-order valence-corrected chi connectivity index (χ3v) is 5.79. The second kappa shape index (κ2) is 4.95. The molecule has 94 valence electrons. The minimum absolute atomic E-state index is 0.0342. The van der Waals surface area contributed by atoms with Gasteiger partial charge in [-0.2, -0.15) is 4.31 Å². The lowest BCUT2D eigenvalue weighted by Gasteiger charge is -2.34. The molecule has 0 aliphatic carbocycles. The van der Waals surface area contributed by atoms with Crippen molar-refractivity contribution in [2.75, 3.05) is 13.1 Å². The Bertz CT molecular complexity index is 369. The maximum Gasteiger partial charge on any atom is 0.223 e. The van der Waals surface area contributed by atoms with Crippen molar-refractivity contribution in [2.24, 2.45) is 11.7 Å². The summed E-state index contributed by atoms with van der Waals surface area (Å²) in [5.74, 6) is 0.131. The number of aliphatic hydroxyl groups excluding tert-OH is 1. The van der Waals surface area contributed by atoms with Crippen molar-refractivity contribution in [3.8, 4) is 0 Å². The number of hydrogen-bond donors (Lipinski definition) is 2. The molecule has 16 heavy (non-hydrogen) atoms. The normalized spacial score (nSPS) is 29.9. The molecule has 1 heterocycles. The molecule has 3 atom stereocenters. The number of nitrogens with two attached hydrogens (primary N) is 1. The highest BCUT2D eigenvalue weighted by Crippen LogP contribution is 2.21. The van der Waals surface area contributed by atoms with Gasteiger partial charge in [0.25, 0.3) is 0 Å². The molecule has 3 N–H and O–H groups in total. The molecule has 0 aromatic rings. The van der Waals surface area contributed by atoms with Gasteiger partial charge in [-0.15, -0.1) is 0 Å². The van der Waals surface area contributed by atoms with Gasteiger partial charge < -0.3 is 10.8 Å². The number of hydrogen-bond acceptors (Lipinski definition) is 4. The Morgan fingerprint density at radius 3 is 2.62 bits per heavy atom. The fourth-order valence-electron chi connectivity index (χ4n) is 1.62. The van der Waals surface area contributed by atoms with Crippen LogP contribution in [0.4, 0.5) is 0 Å². The second-order valence-corrected chi connectivity index (χ2v) is 7.01. The number of rotatable bonds is 3. The van der Waals surface area contributed by atoms with Gasteiger partial charge in [-0.05, 0) is 19.3 Å². The first-order chi connectivity index (χ1) is 7.26. The largest absolute Gasteiger partial charge is 0.392 e. The summed E-state index contributed by atoms with van der Waals surface area (Å²) >= 11 is 4.70. The zero-order valence-electron chi connectivity index (χ0n) is 9.46. The van der Waals surface area contributed by atoms with E-state index >= 15 is 0 Å². The van der Waals surface area contributed by atoms with E-state index in [9.17, 15) is 13.5 Å². The quantitative estimate of drug-likeness (QED) is 0.685. The number of thiocarbonyl (C=S) groups is 1. The van der Waals surface area contributed by atoms with Gasteiger partial charge in [-0.1, -0.05) is 19.1 Å². The first-order valence-corrected chi connectivity index (χ1v) is 7.14. The van der Waals surface area contributed by atoms with E-state index in [1.54, 1.807) is 0 Å². The standard InChI is InChI=1S/C9H18N2O3S2/c1-6-3-4-11(5-8(6)12)16(13,14)7(2)9(10)15/h6-8,12H,3-5H2,1-2H3,(H2,10,15). The number of aliphatic hydroxyl groups is 1. The maximum absolute atomic E-state index is 12.0.